The molecule has 0 unspecified atom stereocenters. The number of likely N-dealkylation sites (N-methyl/N-ethyl adjacent to an activating group) is 1. The quantitative estimate of drug-likeness (QED) is 0.385. The molecule has 37 heavy (non-hydrogen) atoms. The van der Waals surface area contributed by atoms with Gasteiger partial charge in [0, 0.05) is 67.5 Å². The van der Waals surface area contributed by atoms with Gasteiger partial charge < -0.3 is 24.3 Å². The van der Waals surface area contributed by atoms with Gasteiger partial charge in [-0.25, -0.2) is 15.0 Å². The number of ether oxygens (including phenoxy) is 1. The van der Waals surface area contributed by atoms with Gasteiger partial charge in [-0.3, -0.25) is 4.79 Å². The summed E-state index contributed by atoms with van der Waals surface area (Å²) >= 11 is 0. The first-order valence-corrected chi connectivity index (χ1v) is 12.2. The standard InChI is InChI=1S/C28H27N7O2/c1-19-15-21(4-6-25(19)37-22-7-9-34-10-8-29-26(34)17-22)32-27-23-16-20(3-5-24(23)30-18-31-27)28(36)35-13-11-33(2)12-14-35/h3-10,15-18H,11-14H2,1-2H3,(H,30,31,32). The van der Waals surface area contributed by atoms with Gasteiger partial charge in [-0.05, 0) is 62.0 Å². The number of piperazine rings is 1. The van der Waals surface area contributed by atoms with Crippen molar-refractivity contribution < 1.29 is 9.53 Å². The number of fused-ring (bicyclic) bond motifs is 2. The maximum atomic E-state index is 13.1. The van der Waals surface area contributed by atoms with E-state index in [1.165, 1.54) is 6.33 Å². The summed E-state index contributed by atoms with van der Waals surface area (Å²) in [6.07, 6.45) is 7.11. The van der Waals surface area contributed by atoms with Crippen LogP contribution in [0.4, 0.5) is 11.5 Å². The summed E-state index contributed by atoms with van der Waals surface area (Å²) in [6, 6.07) is 15.3. The Hall–Kier alpha value is -4.50. The number of hydrogen-bond acceptors (Lipinski definition) is 7. The number of benzene rings is 2. The minimum absolute atomic E-state index is 0.0377. The number of aryl methyl sites for hydroxylation is 1. The van der Waals surface area contributed by atoms with Crippen LogP contribution < -0.4 is 10.1 Å². The molecule has 1 N–H and O–H groups in total. The van der Waals surface area contributed by atoms with E-state index >= 15 is 0 Å². The van der Waals surface area contributed by atoms with E-state index in [0.717, 1.165) is 65.5 Å². The molecule has 3 aromatic heterocycles. The lowest BCUT2D eigenvalue weighted by Gasteiger charge is -2.32. The molecule has 1 aliphatic rings. The van der Waals surface area contributed by atoms with Crippen LogP contribution in [0.1, 0.15) is 15.9 Å². The Morgan fingerprint density at radius 2 is 1.81 bits per heavy atom. The van der Waals surface area contributed by atoms with Crippen LogP contribution in [-0.4, -0.2) is 68.3 Å². The number of nitrogens with zero attached hydrogens (tertiary/aromatic N) is 6. The second-order valence-electron chi connectivity index (χ2n) is 9.31. The smallest absolute Gasteiger partial charge is 0.253 e. The lowest BCUT2D eigenvalue weighted by atomic mass is 10.1. The maximum Gasteiger partial charge on any atom is 0.253 e. The van der Waals surface area contributed by atoms with Crippen LogP contribution in [0.3, 0.4) is 0 Å². The van der Waals surface area contributed by atoms with Gasteiger partial charge in [-0.1, -0.05) is 0 Å². The number of rotatable bonds is 5. The van der Waals surface area contributed by atoms with Crippen LogP contribution in [0.5, 0.6) is 11.5 Å². The van der Waals surface area contributed by atoms with Crippen molar-refractivity contribution in [1.82, 2.24) is 29.2 Å². The number of aromatic nitrogens is 4. The van der Waals surface area contributed by atoms with Crippen LogP contribution in [-0.2, 0) is 0 Å². The summed E-state index contributed by atoms with van der Waals surface area (Å²) in [6.45, 7) is 5.22. The Kier molecular flexibility index (Phi) is 5.90. The van der Waals surface area contributed by atoms with E-state index in [2.05, 4.69) is 32.2 Å². The number of carbonyl (C=O) groups excluding carboxylic acids is 1. The van der Waals surface area contributed by atoms with Gasteiger partial charge in [-0.2, -0.15) is 0 Å². The zero-order chi connectivity index (χ0) is 25.4. The van der Waals surface area contributed by atoms with Crippen molar-refractivity contribution in [3.8, 4) is 11.5 Å². The average Bonchev–Trinajstić information content (AvgIpc) is 3.38. The maximum absolute atomic E-state index is 13.1. The van der Waals surface area contributed by atoms with E-state index in [9.17, 15) is 4.79 Å². The fourth-order valence-electron chi connectivity index (χ4n) is 4.54. The zero-order valence-electron chi connectivity index (χ0n) is 20.8. The molecule has 1 amide bonds. The fourth-order valence-corrected chi connectivity index (χ4v) is 4.54. The third kappa shape index (κ3) is 4.68. The molecule has 0 bridgehead atoms. The zero-order valence-corrected chi connectivity index (χ0v) is 20.8. The summed E-state index contributed by atoms with van der Waals surface area (Å²) in [5.74, 6) is 2.17. The molecule has 1 fully saturated rings. The molecule has 186 valence electrons. The first-order chi connectivity index (χ1) is 18.0. The monoisotopic (exact) mass is 493 g/mol. The minimum atomic E-state index is 0.0377. The van der Waals surface area contributed by atoms with Crippen molar-refractivity contribution in [2.45, 2.75) is 6.92 Å². The summed E-state index contributed by atoms with van der Waals surface area (Å²) in [5, 5.41) is 4.20. The fraction of sp³-hybridized carbons (Fsp3) is 0.214. The van der Waals surface area contributed by atoms with E-state index in [-0.39, 0.29) is 5.91 Å². The van der Waals surface area contributed by atoms with Crippen molar-refractivity contribution in [1.29, 1.82) is 0 Å². The second kappa shape index (κ2) is 9.51. The summed E-state index contributed by atoms with van der Waals surface area (Å²) in [7, 11) is 2.08. The molecule has 1 aliphatic heterocycles. The van der Waals surface area contributed by atoms with E-state index in [1.807, 2.05) is 77.1 Å². The van der Waals surface area contributed by atoms with Gasteiger partial charge in [0.15, 0.2) is 0 Å². The van der Waals surface area contributed by atoms with Crippen LogP contribution in [0.2, 0.25) is 0 Å². The third-order valence-electron chi connectivity index (χ3n) is 6.71. The lowest BCUT2D eigenvalue weighted by Crippen LogP contribution is -2.47. The third-order valence-corrected chi connectivity index (χ3v) is 6.71. The van der Waals surface area contributed by atoms with Crippen molar-refractivity contribution in [2.75, 3.05) is 38.5 Å². The molecule has 0 atom stereocenters. The van der Waals surface area contributed by atoms with E-state index in [0.29, 0.717) is 11.4 Å². The van der Waals surface area contributed by atoms with Crippen LogP contribution >= 0.6 is 0 Å². The predicted octanol–water partition coefficient (Wildman–Crippen LogP) is 4.51. The minimum Gasteiger partial charge on any atom is -0.457 e. The molecule has 6 rings (SSSR count). The summed E-state index contributed by atoms with van der Waals surface area (Å²) < 4.78 is 8.05. The Balaban J connectivity index is 1.23. The molecule has 9 nitrogen and oxygen atoms in total. The Labute approximate surface area is 214 Å². The van der Waals surface area contributed by atoms with Gasteiger partial charge in [0.05, 0.1) is 5.52 Å². The first kappa shape index (κ1) is 22.9. The van der Waals surface area contributed by atoms with E-state index in [1.54, 1.807) is 6.20 Å². The van der Waals surface area contributed by atoms with Crippen LogP contribution in [0.25, 0.3) is 16.6 Å². The van der Waals surface area contributed by atoms with Gasteiger partial charge >= 0.3 is 0 Å². The number of pyridine rings is 1. The highest BCUT2D eigenvalue weighted by Gasteiger charge is 2.21. The van der Waals surface area contributed by atoms with Gasteiger partial charge in [0.2, 0.25) is 0 Å². The average molecular weight is 494 g/mol. The molecule has 9 heteroatoms. The molecule has 5 aromatic rings. The number of amides is 1. The topological polar surface area (TPSA) is 87.9 Å². The SMILES string of the molecule is Cc1cc(Nc2ncnc3ccc(C(=O)N4CCN(C)CC4)cc23)ccc1Oc1ccn2ccnc2c1. The van der Waals surface area contributed by atoms with Crippen LogP contribution in [0.15, 0.2) is 73.4 Å². The molecule has 0 aliphatic carbocycles. The number of nitrogens with one attached hydrogen (secondary N) is 1. The summed E-state index contributed by atoms with van der Waals surface area (Å²) in [4.78, 5) is 30.5. The van der Waals surface area contributed by atoms with Crippen LogP contribution in [0, 0.1) is 6.92 Å². The number of carbonyl (C=O) groups is 1. The highest BCUT2D eigenvalue weighted by atomic mass is 16.5. The summed E-state index contributed by atoms with van der Waals surface area (Å²) in [5.41, 5.74) is 4.08. The highest BCUT2D eigenvalue weighted by molar-refractivity contribution is 6.00. The molecule has 0 saturated carbocycles. The molecule has 2 aromatic carbocycles. The van der Waals surface area contributed by atoms with Crippen molar-refractivity contribution in [3.63, 3.8) is 0 Å². The molecule has 4 heterocycles. The molecular weight excluding hydrogens is 466 g/mol. The van der Waals surface area contributed by atoms with Crippen molar-refractivity contribution in [3.05, 3.63) is 84.6 Å². The van der Waals surface area contributed by atoms with Crippen molar-refractivity contribution >= 4 is 34.0 Å². The first-order valence-electron chi connectivity index (χ1n) is 12.2. The van der Waals surface area contributed by atoms with Gasteiger partial charge in [-0.15, -0.1) is 0 Å². The molecule has 0 radical (unpaired) electrons. The Morgan fingerprint density at radius 1 is 0.946 bits per heavy atom. The van der Waals surface area contributed by atoms with Crippen molar-refractivity contribution in [2.24, 2.45) is 0 Å². The molecular formula is C28H27N7O2. The number of hydrogen-bond donors (Lipinski definition) is 1. The Bertz CT molecular complexity index is 1610. The molecule has 0 spiro atoms. The largest absolute Gasteiger partial charge is 0.457 e. The number of imidazole rings is 1. The van der Waals surface area contributed by atoms with Gasteiger partial charge in [0.25, 0.3) is 5.91 Å². The second-order valence-corrected chi connectivity index (χ2v) is 9.31. The van der Waals surface area contributed by atoms with E-state index < -0.39 is 0 Å². The molecule has 1 saturated heterocycles. The number of anilines is 2. The van der Waals surface area contributed by atoms with E-state index in [4.69, 9.17) is 4.74 Å². The highest BCUT2D eigenvalue weighted by Crippen LogP contribution is 2.30. The lowest BCUT2D eigenvalue weighted by molar-refractivity contribution is 0.0664. The van der Waals surface area contributed by atoms with Gasteiger partial charge in [0.1, 0.15) is 29.3 Å². The predicted molar refractivity (Wildman–Crippen MR) is 143 cm³/mol. The normalized spacial score (nSPS) is 14.3. The Morgan fingerprint density at radius 3 is 2.65 bits per heavy atom.